The number of anilines is 1. The van der Waals surface area contributed by atoms with Gasteiger partial charge < -0.3 is 20.1 Å². The number of benzene rings is 2. The molecule has 5 rings (SSSR count). The molecule has 1 amide bonds. The van der Waals surface area contributed by atoms with Crippen molar-refractivity contribution in [1.82, 2.24) is 9.88 Å². The number of nitrogens with zero attached hydrogens (tertiary/aromatic N) is 4. The lowest BCUT2D eigenvalue weighted by Crippen LogP contribution is -2.35. The van der Waals surface area contributed by atoms with Gasteiger partial charge in [0.1, 0.15) is 24.6 Å². The van der Waals surface area contributed by atoms with Crippen molar-refractivity contribution >= 4 is 28.9 Å². The van der Waals surface area contributed by atoms with Gasteiger partial charge in [-0.1, -0.05) is 18.2 Å². The van der Waals surface area contributed by atoms with E-state index in [0.717, 1.165) is 53.8 Å². The Hall–Kier alpha value is -5.08. The maximum atomic E-state index is 12.8. The molecule has 0 radical (unpaired) electrons. The molecule has 2 aromatic carbocycles. The quantitative estimate of drug-likeness (QED) is 0.408. The summed E-state index contributed by atoms with van der Waals surface area (Å²) in [5, 5.41) is 19.4. The number of nitriles is 2. The van der Waals surface area contributed by atoms with Crippen LogP contribution in [0.25, 0.3) is 17.2 Å². The van der Waals surface area contributed by atoms with E-state index in [4.69, 9.17) is 15.2 Å². The highest BCUT2D eigenvalue weighted by Crippen LogP contribution is 2.44. The predicted molar refractivity (Wildman–Crippen MR) is 158 cm³/mol. The molecule has 2 N–H and O–H groups in total. The summed E-state index contributed by atoms with van der Waals surface area (Å²) in [6.07, 6.45) is 5.27. The van der Waals surface area contributed by atoms with Gasteiger partial charge in [-0.15, -0.1) is 0 Å². The zero-order valence-corrected chi connectivity index (χ0v) is 23.5. The highest BCUT2D eigenvalue weighted by molar-refractivity contribution is 6.08. The second-order valence-corrected chi connectivity index (χ2v) is 10.3. The van der Waals surface area contributed by atoms with Crippen LogP contribution in [0.4, 0.5) is 5.82 Å². The number of ether oxygens (including phenoxy) is 2. The first-order chi connectivity index (χ1) is 19.9. The fourth-order valence-electron chi connectivity index (χ4n) is 5.44. The number of fused-ring (bicyclic) bond motifs is 1. The maximum absolute atomic E-state index is 12.8. The lowest BCUT2D eigenvalue weighted by atomic mass is 9.95. The molecule has 0 atom stereocenters. The van der Waals surface area contributed by atoms with Crippen molar-refractivity contribution in [1.29, 1.82) is 10.5 Å². The number of nitrogens with two attached hydrogens (primary N) is 1. The maximum Gasteiger partial charge on any atom is 0.253 e. The minimum atomic E-state index is 0.0821. The van der Waals surface area contributed by atoms with Crippen LogP contribution in [-0.2, 0) is 6.61 Å². The molecule has 8 heteroatoms. The molecule has 1 fully saturated rings. The Morgan fingerprint density at radius 1 is 1.05 bits per heavy atom. The highest BCUT2D eigenvalue weighted by Gasteiger charge is 2.29. The normalized spacial score (nSPS) is 15.3. The number of likely N-dealkylation sites (tertiary alicyclic amines) is 1. The molecule has 1 aromatic heterocycles. The summed E-state index contributed by atoms with van der Waals surface area (Å²) in [5.74, 6) is 1.34. The molecule has 8 nitrogen and oxygen atoms in total. The Kier molecular flexibility index (Phi) is 7.76. The average molecular weight is 546 g/mol. The fourth-order valence-corrected chi connectivity index (χ4v) is 5.44. The first-order valence-corrected chi connectivity index (χ1v) is 13.6. The van der Waals surface area contributed by atoms with Crippen molar-refractivity contribution in [3.05, 3.63) is 87.1 Å². The van der Waals surface area contributed by atoms with Gasteiger partial charge in [-0.25, -0.2) is 4.98 Å². The van der Waals surface area contributed by atoms with E-state index in [1.165, 1.54) is 6.42 Å². The number of aromatic nitrogens is 1. The van der Waals surface area contributed by atoms with Crippen LogP contribution in [0.1, 0.15) is 70.1 Å². The van der Waals surface area contributed by atoms with Gasteiger partial charge in [0.25, 0.3) is 5.91 Å². The fraction of sp³-hybridized carbons (Fsp3) is 0.273. The van der Waals surface area contributed by atoms with Crippen LogP contribution >= 0.6 is 0 Å². The summed E-state index contributed by atoms with van der Waals surface area (Å²) in [6, 6.07) is 17.5. The smallest absolute Gasteiger partial charge is 0.253 e. The average Bonchev–Trinajstić information content (AvgIpc) is 3.26. The number of allylic oxidation sites excluding steroid dienone is 3. The number of carbonyl (C=O) groups is 1. The Labute approximate surface area is 239 Å². The van der Waals surface area contributed by atoms with Gasteiger partial charge in [0.15, 0.2) is 11.5 Å². The van der Waals surface area contributed by atoms with Crippen LogP contribution in [0.2, 0.25) is 0 Å². The Balaban J connectivity index is 1.36. The van der Waals surface area contributed by atoms with Crippen LogP contribution < -0.4 is 15.2 Å². The molecule has 41 heavy (non-hydrogen) atoms. The summed E-state index contributed by atoms with van der Waals surface area (Å²) in [4.78, 5) is 19.1. The molecule has 1 aliphatic heterocycles. The van der Waals surface area contributed by atoms with Crippen LogP contribution in [0.15, 0.2) is 48.0 Å². The van der Waals surface area contributed by atoms with Gasteiger partial charge >= 0.3 is 0 Å². The lowest BCUT2D eigenvalue weighted by Gasteiger charge is -2.26. The summed E-state index contributed by atoms with van der Waals surface area (Å²) in [6.45, 7) is 5.66. The van der Waals surface area contributed by atoms with Crippen molar-refractivity contribution in [2.24, 2.45) is 0 Å². The lowest BCUT2D eigenvalue weighted by molar-refractivity contribution is 0.0724. The van der Waals surface area contributed by atoms with E-state index >= 15 is 0 Å². The van der Waals surface area contributed by atoms with Crippen LogP contribution in [0.3, 0.4) is 0 Å². The number of nitrogen functional groups attached to an aromatic ring is 1. The van der Waals surface area contributed by atoms with Crippen molar-refractivity contribution in [3.8, 4) is 23.6 Å². The summed E-state index contributed by atoms with van der Waals surface area (Å²) >= 11 is 0. The standard InChI is InChI=1S/C33H31N5O3/c1-20-25(30-21(2)27(18-35)32(36)37-31(30)26(20)17-34)15-23-9-12-28(29(16-23)40-3)41-19-22-7-10-24(11-8-22)33(39)38-13-5-4-6-14-38/h7-12,15-16H,4-6,13-14,19H2,1-3H3,(H2,36,37)/b25-15-. The molecule has 0 unspecified atom stereocenters. The zero-order valence-electron chi connectivity index (χ0n) is 23.5. The molecule has 0 saturated carbocycles. The first-order valence-electron chi connectivity index (χ1n) is 13.6. The van der Waals surface area contributed by atoms with Gasteiger partial charge in [0, 0.05) is 24.2 Å². The van der Waals surface area contributed by atoms with E-state index in [-0.39, 0.29) is 11.7 Å². The third kappa shape index (κ3) is 5.25. The number of methoxy groups -OCH3 is 1. The van der Waals surface area contributed by atoms with Crippen LogP contribution in [0, 0.1) is 29.6 Å². The Bertz CT molecular complexity index is 1670. The van der Waals surface area contributed by atoms with Crippen LogP contribution in [-0.4, -0.2) is 36.0 Å². The minimum Gasteiger partial charge on any atom is -0.493 e. The number of piperidine rings is 1. The van der Waals surface area contributed by atoms with Crippen LogP contribution in [0.5, 0.6) is 11.5 Å². The molecule has 0 spiro atoms. The van der Waals surface area contributed by atoms with Gasteiger partial charge in [0.05, 0.1) is 23.9 Å². The van der Waals surface area contributed by atoms with Gasteiger partial charge in [-0.2, -0.15) is 10.5 Å². The number of amides is 1. The summed E-state index contributed by atoms with van der Waals surface area (Å²) < 4.78 is 11.7. The summed E-state index contributed by atoms with van der Waals surface area (Å²) in [5.41, 5.74) is 12.8. The molecular weight excluding hydrogens is 514 g/mol. The largest absolute Gasteiger partial charge is 0.493 e. The third-order valence-electron chi connectivity index (χ3n) is 7.72. The molecule has 3 aromatic rings. The minimum absolute atomic E-state index is 0.0821. The van der Waals surface area contributed by atoms with Crippen molar-refractivity contribution in [2.45, 2.75) is 39.7 Å². The summed E-state index contributed by atoms with van der Waals surface area (Å²) in [7, 11) is 1.58. The van der Waals surface area contributed by atoms with Gasteiger partial charge in [-0.3, -0.25) is 4.79 Å². The first kappa shape index (κ1) is 27.5. The molecule has 0 bridgehead atoms. The van der Waals surface area contributed by atoms with E-state index in [9.17, 15) is 15.3 Å². The van der Waals surface area contributed by atoms with Crippen molar-refractivity contribution in [3.63, 3.8) is 0 Å². The van der Waals surface area contributed by atoms with E-state index in [1.807, 2.05) is 67.3 Å². The molecular formula is C33H31N5O3. The number of rotatable bonds is 6. The Morgan fingerprint density at radius 2 is 1.78 bits per heavy atom. The number of hydrogen-bond acceptors (Lipinski definition) is 7. The second kappa shape index (κ2) is 11.6. The predicted octanol–water partition coefficient (Wildman–Crippen LogP) is 5.91. The molecule has 2 heterocycles. The molecule has 206 valence electrons. The molecule has 2 aliphatic rings. The van der Waals surface area contributed by atoms with Crippen molar-refractivity contribution in [2.75, 3.05) is 25.9 Å². The van der Waals surface area contributed by atoms with Crippen molar-refractivity contribution < 1.29 is 14.3 Å². The van der Waals surface area contributed by atoms with Gasteiger partial charge in [-0.05, 0) is 91.3 Å². The van der Waals surface area contributed by atoms with Gasteiger partial charge in [0.2, 0.25) is 0 Å². The molecule has 1 saturated heterocycles. The topological polar surface area (TPSA) is 125 Å². The van der Waals surface area contributed by atoms with E-state index in [0.29, 0.717) is 46.1 Å². The Morgan fingerprint density at radius 3 is 2.44 bits per heavy atom. The van der Waals surface area contributed by atoms with E-state index in [2.05, 4.69) is 17.1 Å². The third-order valence-corrected chi connectivity index (χ3v) is 7.72. The van der Waals surface area contributed by atoms with E-state index in [1.54, 1.807) is 7.11 Å². The SMILES string of the molecule is COc1cc(/C=C2/C(C)=C(C#N)c3nc(N)c(C#N)c(C)c32)ccc1OCc1ccc(C(=O)N2CCCCC2)cc1. The zero-order chi connectivity index (χ0) is 29.1. The van der Waals surface area contributed by atoms with E-state index < -0.39 is 0 Å². The molecule has 1 aliphatic carbocycles. The monoisotopic (exact) mass is 545 g/mol. The number of carbonyl (C=O) groups excluding carboxylic acids is 1. The highest BCUT2D eigenvalue weighted by atomic mass is 16.5. The number of hydrogen-bond donors (Lipinski definition) is 1. The second-order valence-electron chi connectivity index (χ2n) is 10.3. The number of pyridine rings is 1.